The van der Waals surface area contributed by atoms with Crippen molar-refractivity contribution >= 4 is 37.5 Å². The van der Waals surface area contributed by atoms with Crippen LogP contribution in [-0.2, 0) is 6.54 Å². The molecular formula is C11H8Br2FNO. The first-order chi connectivity index (χ1) is 7.65. The molecule has 1 N–H and O–H groups in total. The smallest absolute Gasteiger partial charge is 0.169 e. The monoisotopic (exact) mass is 347 g/mol. The predicted octanol–water partition coefficient (Wildman–Crippen LogP) is 4.56. The lowest BCUT2D eigenvalue weighted by atomic mass is 10.3. The number of hydrogen-bond acceptors (Lipinski definition) is 2. The van der Waals surface area contributed by atoms with E-state index < -0.39 is 0 Å². The van der Waals surface area contributed by atoms with E-state index in [4.69, 9.17) is 4.42 Å². The van der Waals surface area contributed by atoms with Crippen molar-refractivity contribution in [3.8, 4) is 0 Å². The van der Waals surface area contributed by atoms with E-state index in [9.17, 15) is 4.39 Å². The third-order valence-electron chi connectivity index (χ3n) is 2.01. The zero-order chi connectivity index (χ0) is 11.5. The fourth-order valence-corrected chi connectivity index (χ4v) is 2.09. The zero-order valence-electron chi connectivity index (χ0n) is 8.14. The molecule has 84 valence electrons. The highest BCUT2D eigenvalue weighted by Crippen LogP contribution is 2.24. The van der Waals surface area contributed by atoms with Gasteiger partial charge in [-0.3, -0.25) is 0 Å². The number of rotatable bonds is 3. The Morgan fingerprint density at radius 3 is 2.62 bits per heavy atom. The van der Waals surface area contributed by atoms with Crippen LogP contribution >= 0.6 is 31.9 Å². The normalized spacial score (nSPS) is 10.4. The van der Waals surface area contributed by atoms with Crippen molar-refractivity contribution in [3.63, 3.8) is 0 Å². The molecule has 0 atom stereocenters. The van der Waals surface area contributed by atoms with Gasteiger partial charge in [0.1, 0.15) is 11.6 Å². The summed E-state index contributed by atoms with van der Waals surface area (Å²) in [5, 5.41) is 3.14. The molecule has 0 radical (unpaired) electrons. The van der Waals surface area contributed by atoms with E-state index in [2.05, 4.69) is 37.2 Å². The summed E-state index contributed by atoms with van der Waals surface area (Å²) in [6.45, 7) is 0.551. The van der Waals surface area contributed by atoms with Crippen LogP contribution in [0.1, 0.15) is 5.76 Å². The largest absolute Gasteiger partial charge is 0.452 e. The Kier molecular flexibility index (Phi) is 3.66. The number of halogens is 3. The van der Waals surface area contributed by atoms with Gasteiger partial charge in [0.05, 0.1) is 6.54 Å². The average molecular weight is 349 g/mol. The third kappa shape index (κ3) is 2.86. The lowest BCUT2D eigenvalue weighted by molar-refractivity contribution is 0.495. The van der Waals surface area contributed by atoms with Gasteiger partial charge >= 0.3 is 0 Å². The molecule has 2 nitrogen and oxygen atoms in total. The summed E-state index contributed by atoms with van der Waals surface area (Å²) < 4.78 is 19.6. The summed E-state index contributed by atoms with van der Waals surface area (Å²) in [5.41, 5.74) is 0.828. The standard InChI is InChI=1S/C11H8Br2FNO/c12-9-5-7(14)1-3-10(9)15-6-8-2-4-11(13)16-8/h1-5,15H,6H2. The Balaban J connectivity index is 2.04. The summed E-state index contributed by atoms with van der Waals surface area (Å²) in [5.74, 6) is 0.543. The van der Waals surface area contributed by atoms with Crippen LogP contribution in [0.25, 0.3) is 0 Å². The second-order valence-electron chi connectivity index (χ2n) is 3.18. The lowest BCUT2D eigenvalue weighted by Crippen LogP contribution is -1.98. The molecule has 0 saturated heterocycles. The van der Waals surface area contributed by atoms with Gasteiger partial charge in [0, 0.05) is 10.2 Å². The van der Waals surface area contributed by atoms with Crippen molar-refractivity contribution in [1.82, 2.24) is 0 Å². The Hall–Kier alpha value is -0.810. The first-order valence-electron chi connectivity index (χ1n) is 4.58. The summed E-state index contributed by atoms with van der Waals surface area (Å²) in [6, 6.07) is 8.20. The van der Waals surface area contributed by atoms with Crippen LogP contribution in [-0.4, -0.2) is 0 Å². The van der Waals surface area contributed by atoms with Crippen LogP contribution in [0.15, 0.2) is 43.9 Å². The average Bonchev–Trinajstić information content (AvgIpc) is 2.63. The molecular weight excluding hydrogens is 341 g/mol. The summed E-state index contributed by atoms with van der Waals surface area (Å²) >= 11 is 6.51. The molecule has 1 heterocycles. The van der Waals surface area contributed by atoms with Gasteiger partial charge in [0.15, 0.2) is 4.67 Å². The maximum Gasteiger partial charge on any atom is 0.169 e. The molecule has 0 aliphatic rings. The molecule has 0 spiro atoms. The third-order valence-corrected chi connectivity index (χ3v) is 3.10. The number of nitrogens with one attached hydrogen (secondary N) is 1. The van der Waals surface area contributed by atoms with E-state index >= 15 is 0 Å². The Morgan fingerprint density at radius 2 is 2.00 bits per heavy atom. The van der Waals surface area contributed by atoms with Gasteiger partial charge < -0.3 is 9.73 Å². The van der Waals surface area contributed by atoms with Crippen LogP contribution in [0.2, 0.25) is 0 Å². The highest BCUT2D eigenvalue weighted by Gasteiger charge is 2.03. The van der Waals surface area contributed by atoms with Crippen LogP contribution in [0, 0.1) is 5.82 Å². The van der Waals surface area contributed by atoms with Gasteiger partial charge in [-0.05, 0) is 62.2 Å². The Labute approximate surface area is 109 Å². The fraction of sp³-hybridized carbons (Fsp3) is 0.0909. The maximum absolute atomic E-state index is 12.8. The first-order valence-corrected chi connectivity index (χ1v) is 6.17. The Morgan fingerprint density at radius 1 is 1.19 bits per heavy atom. The van der Waals surface area contributed by atoms with E-state index in [0.717, 1.165) is 11.4 Å². The topological polar surface area (TPSA) is 25.2 Å². The van der Waals surface area contributed by atoms with Crippen LogP contribution in [0.4, 0.5) is 10.1 Å². The van der Waals surface area contributed by atoms with Crippen molar-refractivity contribution in [2.24, 2.45) is 0 Å². The van der Waals surface area contributed by atoms with Gasteiger partial charge in [0.25, 0.3) is 0 Å². The van der Waals surface area contributed by atoms with Crippen LogP contribution in [0.5, 0.6) is 0 Å². The first kappa shape index (κ1) is 11.7. The minimum absolute atomic E-state index is 0.266. The molecule has 0 amide bonds. The summed E-state index contributed by atoms with van der Waals surface area (Å²) in [6.07, 6.45) is 0. The second kappa shape index (κ2) is 5.01. The van der Waals surface area contributed by atoms with Gasteiger partial charge in [-0.15, -0.1) is 0 Å². The van der Waals surface area contributed by atoms with Crippen molar-refractivity contribution in [2.45, 2.75) is 6.54 Å². The number of benzene rings is 1. The molecule has 5 heteroatoms. The molecule has 16 heavy (non-hydrogen) atoms. The summed E-state index contributed by atoms with van der Waals surface area (Å²) in [4.78, 5) is 0. The highest BCUT2D eigenvalue weighted by atomic mass is 79.9. The molecule has 2 aromatic rings. The molecule has 0 fully saturated rings. The Bertz CT molecular complexity index is 498. The van der Waals surface area contributed by atoms with Crippen molar-refractivity contribution in [1.29, 1.82) is 0 Å². The zero-order valence-corrected chi connectivity index (χ0v) is 11.3. The molecule has 0 saturated carbocycles. The molecule has 0 bridgehead atoms. The minimum atomic E-state index is -0.266. The van der Waals surface area contributed by atoms with Gasteiger partial charge in [-0.1, -0.05) is 0 Å². The molecule has 0 unspecified atom stereocenters. The van der Waals surface area contributed by atoms with E-state index in [-0.39, 0.29) is 5.82 Å². The molecule has 2 rings (SSSR count). The minimum Gasteiger partial charge on any atom is -0.452 e. The molecule has 0 aliphatic heterocycles. The lowest BCUT2D eigenvalue weighted by Gasteiger charge is -2.06. The van der Waals surface area contributed by atoms with Gasteiger partial charge in [-0.25, -0.2) is 4.39 Å². The molecule has 0 aliphatic carbocycles. The quantitative estimate of drug-likeness (QED) is 0.879. The maximum atomic E-state index is 12.8. The van der Waals surface area contributed by atoms with Crippen molar-refractivity contribution in [2.75, 3.05) is 5.32 Å². The van der Waals surface area contributed by atoms with Crippen molar-refractivity contribution in [3.05, 3.63) is 51.1 Å². The van der Waals surface area contributed by atoms with Crippen LogP contribution in [0.3, 0.4) is 0 Å². The van der Waals surface area contributed by atoms with E-state index in [1.54, 1.807) is 6.07 Å². The van der Waals surface area contributed by atoms with E-state index in [0.29, 0.717) is 15.7 Å². The number of furan rings is 1. The molecule has 1 aromatic heterocycles. The number of hydrogen-bond donors (Lipinski definition) is 1. The fourth-order valence-electron chi connectivity index (χ4n) is 1.26. The van der Waals surface area contributed by atoms with Gasteiger partial charge in [-0.2, -0.15) is 0 Å². The van der Waals surface area contributed by atoms with E-state index in [1.807, 2.05) is 12.1 Å². The highest BCUT2D eigenvalue weighted by molar-refractivity contribution is 9.10. The van der Waals surface area contributed by atoms with Crippen molar-refractivity contribution < 1.29 is 8.81 Å². The van der Waals surface area contributed by atoms with E-state index in [1.165, 1.54) is 12.1 Å². The van der Waals surface area contributed by atoms with Crippen LogP contribution < -0.4 is 5.32 Å². The second-order valence-corrected chi connectivity index (χ2v) is 4.82. The number of anilines is 1. The predicted molar refractivity (Wildman–Crippen MR) is 67.8 cm³/mol. The SMILES string of the molecule is Fc1ccc(NCc2ccc(Br)o2)c(Br)c1. The summed E-state index contributed by atoms with van der Waals surface area (Å²) in [7, 11) is 0. The van der Waals surface area contributed by atoms with Gasteiger partial charge in [0.2, 0.25) is 0 Å². The molecule has 1 aromatic carbocycles.